The molecule has 0 saturated heterocycles. The summed E-state index contributed by atoms with van der Waals surface area (Å²) < 4.78 is 26.3. The van der Waals surface area contributed by atoms with E-state index in [2.05, 4.69) is 8.92 Å². The molecule has 6 N–H and O–H groups in total. The molecule has 0 aliphatic heterocycles. The van der Waals surface area contributed by atoms with Crippen molar-refractivity contribution in [1.82, 2.24) is 0 Å². The Labute approximate surface area is 157 Å². The predicted molar refractivity (Wildman–Crippen MR) is 79.2 cm³/mol. The minimum absolute atomic E-state index is 1.44. The highest BCUT2D eigenvalue weighted by Gasteiger charge is 2.45. The molecular weight excluding hydrogens is 416 g/mol. The van der Waals surface area contributed by atoms with Crippen LogP contribution in [-0.4, -0.2) is 81.3 Å². The first-order valence-corrected chi connectivity index (χ1v) is 7.83. The standard InChI is InChI=1S/C12H14O15S/c13-5(14)1-11(22,9(18)19)2-6(15)26-7(16)3-12(23,10(20)21)4-8(17)27-28(24)25/h22-23H,1-4H2,(H,13,14)(H,18,19)(H,20,21)(H,24,25). The van der Waals surface area contributed by atoms with Crippen molar-refractivity contribution in [3.05, 3.63) is 0 Å². The smallest absolute Gasteiger partial charge is 0.360 e. The quantitative estimate of drug-likeness (QED) is 0.108. The van der Waals surface area contributed by atoms with E-state index < -0.39 is 84.1 Å². The molecule has 3 unspecified atom stereocenters. The zero-order valence-electron chi connectivity index (χ0n) is 13.6. The number of carbonyl (C=O) groups is 6. The summed E-state index contributed by atoms with van der Waals surface area (Å²) >= 11 is -3.14. The van der Waals surface area contributed by atoms with Crippen molar-refractivity contribution < 1.29 is 72.0 Å². The monoisotopic (exact) mass is 430 g/mol. The number of aliphatic hydroxyl groups is 2. The minimum Gasteiger partial charge on any atom is -0.481 e. The number of carboxylic acids is 3. The Kier molecular flexibility index (Phi) is 8.80. The van der Waals surface area contributed by atoms with E-state index in [9.17, 15) is 43.2 Å². The van der Waals surface area contributed by atoms with E-state index in [1.54, 1.807) is 0 Å². The molecule has 0 rings (SSSR count). The maximum atomic E-state index is 11.6. The average molecular weight is 430 g/mol. The Morgan fingerprint density at radius 1 is 0.714 bits per heavy atom. The van der Waals surface area contributed by atoms with Crippen molar-refractivity contribution in [3.63, 3.8) is 0 Å². The third kappa shape index (κ3) is 8.16. The third-order valence-electron chi connectivity index (χ3n) is 2.94. The second-order valence-electron chi connectivity index (χ2n) is 5.29. The van der Waals surface area contributed by atoms with Crippen LogP contribution in [0.15, 0.2) is 0 Å². The number of ether oxygens (including phenoxy) is 1. The molecule has 0 aromatic carbocycles. The summed E-state index contributed by atoms with van der Waals surface area (Å²) in [5.41, 5.74) is -6.36. The van der Waals surface area contributed by atoms with Gasteiger partial charge in [0.2, 0.25) is 0 Å². The summed E-state index contributed by atoms with van der Waals surface area (Å²) in [7, 11) is 0. The second kappa shape index (κ2) is 9.83. The highest BCUT2D eigenvalue weighted by Crippen LogP contribution is 2.20. The van der Waals surface area contributed by atoms with Crippen molar-refractivity contribution >= 4 is 47.2 Å². The van der Waals surface area contributed by atoms with Crippen LogP contribution in [0.3, 0.4) is 0 Å². The van der Waals surface area contributed by atoms with E-state index in [0.717, 1.165) is 0 Å². The van der Waals surface area contributed by atoms with Crippen LogP contribution in [0.4, 0.5) is 0 Å². The highest BCUT2D eigenvalue weighted by atomic mass is 32.2. The molecule has 0 aromatic rings. The molecule has 0 bridgehead atoms. The van der Waals surface area contributed by atoms with E-state index in [0.29, 0.717) is 0 Å². The van der Waals surface area contributed by atoms with E-state index >= 15 is 0 Å². The molecule has 0 heterocycles. The summed E-state index contributed by atoms with van der Waals surface area (Å²) in [5, 5.41) is 45.6. The number of aliphatic carboxylic acids is 3. The van der Waals surface area contributed by atoms with E-state index in [1.807, 2.05) is 0 Å². The van der Waals surface area contributed by atoms with Gasteiger partial charge in [-0.3, -0.25) is 23.7 Å². The normalized spacial score (nSPS) is 16.0. The third-order valence-corrected chi connectivity index (χ3v) is 3.27. The minimum atomic E-state index is -3.22. The fourth-order valence-electron chi connectivity index (χ4n) is 1.70. The van der Waals surface area contributed by atoms with Crippen molar-refractivity contribution in [3.8, 4) is 0 Å². The average Bonchev–Trinajstić information content (AvgIpc) is 2.43. The number of hydrogen-bond donors (Lipinski definition) is 6. The van der Waals surface area contributed by atoms with Crippen LogP contribution in [-0.2, 0) is 49.0 Å². The van der Waals surface area contributed by atoms with Gasteiger partial charge in [-0.15, -0.1) is 0 Å². The molecule has 28 heavy (non-hydrogen) atoms. The Balaban J connectivity index is 5.12. The van der Waals surface area contributed by atoms with Crippen LogP contribution in [0.25, 0.3) is 0 Å². The first kappa shape index (κ1) is 25.1. The topological polar surface area (TPSA) is 259 Å². The molecule has 16 heteroatoms. The highest BCUT2D eigenvalue weighted by molar-refractivity contribution is 7.74. The second-order valence-corrected chi connectivity index (χ2v) is 5.89. The Bertz CT molecular complexity index is 714. The lowest BCUT2D eigenvalue weighted by Crippen LogP contribution is -2.45. The Hall–Kier alpha value is -2.95. The van der Waals surface area contributed by atoms with Crippen LogP contribution in [0.5, 0.6) is 0 Å². The number of carbonyl (C=O) groups excluding carboxylic acids is 3. The van der Waals surface area contributed by atoms with Gasteiger partial charge in [-0.2, -0.15) is 4.21 Å². The molecule has 0 fully saturated rings. The summed E-state index contributed by atoms with van der Waals surface area (Å²) in [6.45, 7) is 0. The SMILES string of the molecule is O=C(O)CC(O)(CC(=O)OC(=O)CC(O)(CC(=O)OS(=O)O)C(=O)O)C(=O)O. The molecule has 0 aliphatic rings. The summed E-state index contributed by atoms with van der Waals surface area (Å²) in [4.78, 5) is 66.7. The molecule has 0 amide bonds. The van der Waals surface area contributed by atoms with E-state index in [1.165, 1.54) is 0 Å². The van der Waals surface area contributed by atoms with Crippen LogP contribution in [0.2, 0.25) is 0 Å². The van der Waals surface area contributed by atoms with Crippen LogP contribution in [0.1, 0.15) is 25.7 Å². The van der Waals surface area contributed by atoms with Gasteiger partial charge >= 0.3 is 47.2 Å². The maximum absolute atomic E-state index is 11.6. The van der Waals surface area contributed by atoms with Gasteiger partial charge in [-0.05, 0) is 0 Å². The summed E-state index contributed by atoms with van der Waals surface area (Å²) in [5.74, 6) is -11.4. The van der Waals surface area contributed by atoms with Gasteiger partial charge in [0.15, 0.2) is 11.2 Å². The molecule has 15 nitrogen and oxygen atoms in total. The predicted octanol–water partition coefficient (Wildman–Crippen LogP) is -2.99. The van der Waals surface area contributed by atoms with Crippen molar-refractivity contribution in [2.24, 2.45) is 0 Å². The van der Waals surface area contributed by atoms with Crippen molar-refractivity contribution in [2.45, 2.75) is 36.9 Å². The van der Waals surface area contributed by atoms with Gasteiger partial charge in [0.1, 0.15) is 0 Å². The van der Waals surface area contributed by atoms with Gasteiger partial charge in [-0.1, -0.05) is 0 Å². The summed E-state index contributed by atoms with van der Waals surface area (Å²) in [6, 6.07) is 0. The molecule has 0 saturated carbocycles. The zero-order valence-corrected chi connectivity index (χ0v) is 14.4. The fraction of sp³-hybridized carbons (Fsp3) is 0.500. The maximum Gasteiger partial charge on any atom is 0.360 e. The van der Waals surface area contributed by atoms with Gasteiger partial charge in [0.05, 0.1) is 25.7 Å². The molecule has 0 radical (unpaired) electrons. The number of rotatable bonds is 11. The molecule has 158 valence electrons. The lowest BCUT2D eigenvalue weighted by molar-refractivity contribution is -0.179. The summed E-state index contributed by atoms with van der Waals surface area (Å²) in [6.07, 6.45) is -6.02. The van der Waals surface area contributed by atoms with Crippen LogP contribution < -0.4 is 0 Å². The Morgan fingerprint density at radius 2 is 1.07 bits per heavy atom. The lowest BCUT2D eigenvalue weighted by Gasteiger charge is -2.22. The van der Waals surface area contributed by atoms with Crippen molar-refractivity contribution in [1.29, 1.82) is 0 Å². The number of carboxylic acid groups (broad SMARTS) is 3. The Morgan fingerprint density at radius 3 is 1.39 bits per heavy atom. The molecule has 3 atom stereocenters. The van der Waals surface area contributed by atoms with Gasteiger partial charge < -0.3 is 34.5 Å². The van der Waals surface area contributed by atoms with Crippen LogP contribution in [0, 0.1) is 0 Å². The number of esters is 2. The zero-order chi connectivity index (χ0) is 22.3. The first-order chi connectivity index (χ1) is 12.6. The molecular formula is C12H14O15S. The largest absolute Gasteiger partial charge is 0.481 e. The van der Waals surface area contributed by atoms with Gasteiger partial charge in [0.25, 0.3) is 0 Å². The molecule has 0 aromatic heterocycles. The molecule has 0 spiro atoms. The van der Waals surface area contributed by atoms with E-state index in [-0.39, 0.29) is 0 Å². The van der Waals surface area contributed by atoms with E-state index in [4.69, 9.17) is 19.9 Å². The van der Waals surface area contributed by atoms with Crippen LogP contribution >= 0.6 is 0 Å². The number of hydrogen-bond acceptors (Lipinski definition) is 11. The lowest BCUT2D eigenvalue weighted by atomic mass is 9.95. The molecule has 0 aliphatic carbocycles. The van der Waals surface area contributed by atoms with Gasteiger partial charge in [0, 0.05) is 0 Å². The van der Waals surface area contributed by atoms with Gasteiger partial charge in [-0.25, -0.2) is 9.59 Å². The first-order valence-electron chi connectivity index (χ1n) is 6.80. The fourth-order valence-corrected chi connectivity index (χ4v) is 1.92. The van der Waals surface area contributed by atoms with Crippen molar-refractivity contribution in [2.75, 3.05) is 0 Å².